The van der Waals surface area contributed by atoms with Crippen LogP contribution in [0.3, 0.4) is 0 Å². The molecule has 172 valence electrons. The van der Waals surface area contributed by atoms with Crippen LogP contribution in [0.4, 0.5) is 5.13 Å². The molecule has 3 aromatic rings. The van der Waals surface area contributed by atoms with Crippen LogP contribution in [-0.2, 0) is 14.6 Å². The summed E-state index contributed by atoms with van der Waals surface area (Å²) >= 11 is 7.47. The van der Waals surface area contributed by atoms with Crippen molar-refractivity contribution in [3.8, 4) is 0 Å². The van der Waals surface area contributed by atoms with E-state index in [-0.39, 0.29) is 28.8 Å². The van der Waals surface area contributed by atoms with Crippen molar-refractivity contribution in [2.45, 2.75) is 4.90 Å². The van der Waals surface area contributed by atoms with Crippen molar-refractivity contribution in [1.29, 1.82) is 0 Å². The summed E-state index contributed by atoms with van der Waals surface area (Å²) in [6, 6.07) is 11.7. The number of rotatable bonds is 6. The molecule has 2 heterocycles. The van der Waals surface area contributed by atoms with Crippen LogP contribution < -0.4 is 4.90 Å². The van der Waals surface area contributed by atoms with Crippen molar-refractivity contribution >= 4 is 66.4 Å². The summed E-state index contributed by atoms with van der Waals surface area (Å²) in [5.74, 6) is -0.389. The molecule has 0 saturated carbocycles. The van der Waals surface area contributed by atoms with Gasteiger partial charge in [0.2, 0.25) is 0 Å². The average Bonchev–Trinajstić information content (AvgIpc) is 3.16. The molecule has 1 aromatic heterocycles. The maximum absolute atomic E-state index is 13.6. The number of halogens is 2. The van der Waals surface area contributed by atoms with E-state index in [0.29, 0.717) is 36.5 Å². The highest BCUT2D eigenvalue weighted by Gasteiger charge is 2.27. The molecular formula is C21H23Cl2N3O4S2. The second-order valence-corrected chi connectivity index (χ2v) is 10.7. The molecule has 2 aromatic carbocycles. The van der Waals surface area contributed by atoms with E-state index in [1.54, 1.807) is 29.2 Å². The van der Waals surface area contributed by atoms with E-state index < -0.39 is 9.84 Å². The van der Waals surface area contributed by atoms with Crippen LogP contribution in [0.25, 0.3) is 10.2 Å². The van der Waals surface area contributed by atoms with Crippen molar-refractivity contribution < 1.29 is 17.9 Å². The molecule has 4 rings (SSSR count). The third kappa shape index (κ3) is 5.59. The molecule has 0 N–H and O–H groups in total. The second-order valence-electron chi connectivity index (χ2n) is 7.29. The topological polar surface area (TPSA) is 79.8 Å². The van der Waals surface area contributed by atoms with Crippen molar-refractivity contribution in [3.63, 3.8) is 0 Å². The number of carbonyl (C=O) groups excluding carboxylic acids is 1. The van der Waals surface area contributed by atoms with Gasteiger partial charge >= 0.3 is 0 Å². The van der Waals surface area contributed by atoms with Gasteiger partial charge in [0.15, 0.2) is 15.0 Å². The first-order valence-electron chi connectivity index (χ1n) is 9.80. The van der Waals surface area contributed by atoms with Crippen LogP contribution in [0.15, 0.2) is 47.4 Å². The molecule has 0 bridgehead atoms. The lowest BCUT2D eigenvalue weighted by Gasteiger charge is -2.29. The Bertz CT molecular complexity index is 1210. The molecule has 1 saturated heterocycles. The minimum Gasteiger partial charge on any atom is -0.379 e. The van der Waals surface area contributed by atoms with E-state index in [1.807, 2.05) is 12.1 Å². The first-order chi connectivity index (χ1) is 14.8. The van der Waals surface area contributed by atoms with E-state index in [2.05, 4.69) is 9.88 Å². The number of thiazole rings is 1. The highest BCUT2D eigenvalue weighted by Crippen LogP contribution is 2.32. The van der Waals surface area contributed by atoms with Gasteiger partial charge in [-0.2, -0.15) is 0 Å². The lowest BCUT2D eigenvalue weighted by Crippen LogP contribution is -2.43. The summed E-state index contributed by atoms with van der Waals surface area (Å²) in [5.41, 5.74) is 0.884. The molecule has 0 aliphatic carbocycles. The number of hydrogen-bond acceptors (Lipinski definition) is 7. The first-order valence-corrected chi connectivity index (χ1v) is 12.9. The van der Waals surface area contributed by atoms with Gasteiger partial charge in [0.25, 0.3) is 5.91 Å². The highest BCUT2D eigenvalue weighted by atomic mass is 35.5. The Morgan fingerprint density at radius 1 is 1.22 bits per heavy atom. The lowest BCUT2D eigenvalue weighted by atomic mass is 10.2. The molecule has 32 heavy (non-hydrogen) atoms. The maximum Gasteiger partial charge on any atom is 0.261 e. The van der Waals surface area contributed by atoms with Crippen molar-refractivity contribution in [2.24, 2.45) is 0 Å². The number of amides is 1. The number of ether oxygens (including phenoxy) is 1. The number of anilines is 1. The van der Waals surface area contributed by atoms with E-state index in [0.717, 1.165) is 29.6 Å². The molecule has 1 fully saturated rings. The molecule has 1 aliphatic heterocycles. The van der Waals surface area contributed by atoms with Gasteiger partial charge in [0.05, 0.1) is 33.9 Å². The molecule has 7 nitrogen and oxygen atoms in total. The van der Waals surface area contributed by atoms with Crippen LogP contribution in [-0.4, -0.2) is 69.9 Å². The van der Waals surface area contributed by atoms with Gasteiger partial charge in [-0.25, -0.2) is 13.4 Å². The number of sulfone groups is 1. The fraction of sp³-hybridized carbons (Fsp3) is 0.333. The summed E-state index contributed by atoms with van der Waals surface area (Å²) in [5, 5.41) is 1.11. The van der Waals surface area contributed by atoms with Crippen molar-refractivity contribution in [3.05, 3.63) is 53.1 Å². The van der Waals surface area contributed by atoms with Crippen LogP contribution in [0.2, 0.25) is 5.02 Å². The maximum atomic E-state index is 13.6. The zero-order chi connectivity index (χ0) is 22.0. The predicted octanol–water partition coefficient (Wildman–Crippen LogP) is 3.75. The Kier molecular flexibility index (Phi) is 8.13. The Morgan fingerprint density at radius 2 is 1.94 bits per heavy atom. The SMILES string of the molecule is CS(=O)(=O)c1ccccc1C(=O)N(CCN1CCOCC1)c1nc2ccc(Cl)cc2s1.Cl. The first kappa shape index (κ1) is 24.9. The zero-order valence-corrected chi connectivity index (χ0v) is 20.6. The molecule has 0 atom stereocenters. The van der Waals surface area contributed by atoms with E-state index in [9.17, 15) is 13.2 Å². The molecule has 1 amide bonds. The minimum absolute atomic E-state index is 0. The summed E-state index contributed by atoms with van der Waals surface area (Å²) in [6.07, 6.45) is 1.11. The van der Waals surface area contributed by atoms with Gasteiger partial charge in [0, 0.05) is 37.5 Å². The molecule has 0 unspecified atom stereocenters. The van der Waals surface area contributed by atoms with Crippen LogP contribution in [0.1, 0.15) is 10.4 Å². The lowest BCUT2D eigenvalue weighted by molar-refractivity contribution is 0.0391. The fourth-order valence-electron chi connectivity index (χ4n) is 3.46. The Labute approximate surface area is 202 Å². The average molecular weight is 516 g/mol. The predicted molar refractivity (Wildman–Crippen MR) is 130 cm³/mol. The summed E-state index contributed by atoms with van der Waals surface area (Å²) in [7, 11) is -3.57. The van der Waals surface area contributed by atoms with E-state index >= 15 is 0 Å². The van der Waals surface area contributed by atoms with Gasteiger partial charge in [-0.1, -0.05) is 35.1 Å². The number of carbonyl (C=O) groups is 1. The Morgan fingerprint density at radius 3 is 2.66 bits per heavy atom. The number of fused-ring (bicyclic) bond motifs is 1. The zero-order valence-electron chi connectivity index (χ0n) is 17.4. The number of hydrogen-bond donors (Lipinski definition) is 0. The molecule has 1 aliphatic rings. The van der Waals surface area contributed by atoms with E-state index in [1.165, 1.54) is 17.4 Å². The number of nitrogens with zero attached hydrogens (tertiary/aromatic N) is 3. The summed E-state index contributed by atoms with van der Waals surface area (Å²) in [4.78, 5) is 22.0. The quantitative estimate of drug-likeness (QED) is 0.497. The number of benzene rings is 2. The van der Waals surface area contributed by atoms with Crippen LogP contribution in [0.5, 0.6) is 0 Å². The fourth-order valence-corrected chi connectivity index (χ4v) is 5.61. The minimum atomic E-state index is -3.57. The molecule has 0 radical (unpaired) electrons. The second kappa shape index (κ2) is 10.5. The highest BCUT2D eigenvalue weighted by molar-refractivity contribution is 7.90. The third-order valence-electron chi connectivity index (χ3n) is 5.08. The third-order valence-corrected chi connectivity index (χ3v) is 7.51. The molecule has 0 spiro atoms. The smallest absolute Gasteiger partial charge is 0.261 e. The van der Waals surface area contributed by atoms with Crippen LogP contribution >= 0.6 is 35.3 Å². The summed E-state index contributed by atoms with van der Waals surface area (Å²) in [6.45, 7) is 3.90. The molecule has 11 heteroatoms. The van der Waals surface area contributed by atoms with Gasteiger partial charge in [0.1, 0.15) is 0 Å². The Hall–Kier alpha value is -1.75. The van der Waals surface area contributed by atoms with Crippen LogP contribution in [0, 0.1) is 0 Å². The van der Waals surface area contributed by atoms with Gasteiger partial charge < -0.3 is 4.74 Å². The Balaban J connectivity index is 0.00000289. The standard InChI is InChI=1S/C21H22ClN3O4S2.ClH/c1-31(27,28)19-5-3-2-4-16(19)20(26)25(9-8-24-10-12-29-13-11-24)21-23-17-7-6-15(22)14-18(17)30-21;/h2-7,14H,8-13H2,1H3;1H. The molecular weight excluding hydrogens is 493 g/mol. The van der Waals surface area contributed by atoms with Crippen molar-refractivity contribution in [2.75, 3.05) is 50.5 Å². The largest absolute Gasteiger partial charge is 0.379 e. The summed E-state index contributed by atoms with van der Waals surface area (Å²) < 4.78 is 30.8. The number of morpholine rings is 1. The van der Waals surface area contributed by atoms with Crippen molar-refractivity contribution in [1.82, 2.24) is 9.88 Å². The van der Waals surface area contributed by atoms with Gasteiger partial charge in [-0.3, -0.25) is 14.6 Å². The van der Waals surface area contributed by atoms with Gasteiger partial charge in [-0.15, -0.1) is 12.4 Å². The monoisotopic (exact) mass is 515 g/mol. The van der Waals surface area contributed by atoms with Gasteiger partial charge in [-0.05, 0) is 30.3 Å². The normalized spacial score (nSPS) is 14.8. The van der Waals surface area contributed by atoms with E-state index in [4.69, 9.17) is 16.3 Å². The number of aromatic nitrogens is 1.